The predicted octanol–water partition coefficient (Wildman–Crippen LogP) is 1.21. The maximum absolute atomic E-state index is 11.2. The van der Waals surface area contributed by atoms with Crippen LogP contribution in [0.2, 0.25) is 0 Å². The first-order valence-electron chi connectivity index (χ1n) is 6.80. The summed E-state index contributed by atoms with van der Waals surface area (Å²) in [4.78, 5) is 11.2. The Morgan fingerprint density at radius 1 is 1.00 bits per heavy atom. The van der Waals surface area contributed by atoms with E-state index in [0.29, 0.717) is 0 Å². The van der Waals surface area contributed by atoms with Gasteiger partial charge in [-0.15, -0.1) is 0 Å². The van der Waals surface area contributed by atoms with Crippen LogP contribution >= 0.6 is 0 Å². The number of aliphatic carboxylic acids is 1. The molecule has 0 radical (unpaired) electrons. The van der Waals surface area contributed by atoms with Crippen molar-refractivity contribution in [2.75, 3.05) is 6.54 Å². The number of carboxylic acid groups (broad SMARTS) is 1. The molecule has 0 aliphatic heterocycles. The minimum Gasteiger partial charge on any atom is -0.549 e. The maximum Gasteiger partial charge on any atom is 0.0737 e. The van der Waals surface area contributed by atoms with E-state index < -0.39 is 11.9 Å². The summed E-state index contributed by atoms with van der Waals surface area (Å²) in [6.07, 6.45) is 1.21. The molecule has 0 atom stereocenters. The summed E-state index contributed by atoms with van der Waals surface area (Å²) >= 11 is 0. The predicted molar refractivity (Wildman–Crippen MR) is 77.8 cm³/mol. The van der Waals surface area contributed by atoms with Crippen LogP contribution in [0.5, 0.6) is 0 Å². The number of carbonyl (C=O) groups excluding carboxylic acids is 1. The van der Waals surface area contributed by atoms with Gasteiger partial charge in [0.05, 0.1) is 12.5 Å². The Bertz CT molecular complexity index is 455. The molecule has 0 saturated carbocycles. The summed E-state index contributed by atoms with van der Waals surface area (Å²) in [7, 11) is 0. The molecule has 0 aliphatic carbocycles. The third-order valence-electron chi connectivity index (χ3n) is 2.86. The molecule has 0 spiro atoms. The molecule has 3 nitrogen and oxygen atoms in total. The van der Waals surface area contributed by atoms with E-state index in [2.05, 4.69) is 12.7 Å². The Morgan fingerprint density at radius 3 is 1.60 bits per heavy atom. The van der Waals surface area contributed by atoms with E-state index in [-0.39, 0.29) is 0 Å². The third kappa shape index (κ3) is 4.86. The van der Waals surface area contributed by atoms with Gasteiger partial charge in [0.1, 0.15) is 0 Å². The number of hydrogen-bond donors (Lipinski definition) is 1. The first-order valence-corrected chi connectivity index (χ1v) is 6.80. The maximum atomic E-state index is 11.2. The number of benzene rings is 2. The second-order valence-electron chi connectivity index (χ2n) is 4.43. The monoisotopic (exact) mass is 271 g/mol. The van der Waals surface area contributed by atoms with Crippen molar-refractivity contribution in [3.63, 3.8) is 0 Å². The van der Waals surface area contributed by atoms with Gasteiger partial charge in [-0.25, -0.2) is 0 Å². The standard InChI is InChI=1S/C14H12O2.C3H9N/c15-14(16)13(11-7-3-1-4-8-11)12-9-5-2-6-10-12;1-2-3-4/h1-10,13H,(H,15,16);2-4H2,1H3. The topological polar surface area (TPSA) is 67.8 Å². The van der Waals surface area contributed by atoms with Crippen molar-refractivity contribution in [3.05, 3.63) is 71.8 Å². The van der Waals surface area contributed by atoms with Crippen molar-refractivity contribution in [3.8, 4) is 0 Å². The molecular weight excluding hydrogens is 250 g/mol. The average Bonchev–Trinajstić information content (AvgIpc) is 2.49. The number of rotatable bonds is 4. The lowest BCUT2D eigenvalue weighted by Crippen LogP contribution is -2.49. The highest BCUT2D eigenvalue weighted by Crippen LogP contribution is 2.23. The lowest BCUT2D eigenvalue weighted by molar-refractivity contribution is -0.367. The Kier molecular flexibility index (Phi) is 7.07. The lowest BCUT2D eigenvalue weighted by Gasteiger charge is -2.18. The first-order chi connectivity index (χ1) is 9.70. The molecule has 0 bridgehead atoms. The molecule has 0 unspecified atom stereocenters. The molecular formula is C17H21NO2. The molecule has 0 saturated heterocycles. The SMILES string of the molecule is CCC[NH3+].O=C([O-])C(c1ccccc1)c1ccccc1. The number of carboxylic acids is 1. The van der Waals surface area contributed by atoms with Crippen molar-refractivity contribution < 1.29 is 15.6 Å². The van der Waals surface area contributed by atoms with Gasteiger partial charge in [-0.1, -0.05) is 67.6 Å². The Labute approximate surface area is 120 Å². The van der Waals surface area contributed by atoms with Gasteiger partial charge in [0.15, 0.2) is 0 Å². The van der Waals surface area contributed by atoms with Crippen LogP contribution in [0.4, 0.5) is 0 Å². The summed E-state index contributed by atoms with van der Waals surface area (Å²) in [5, 5.41) is 11.2. The quantitative estimate of drug-likeness (QED) is 0.908. The van der Waals surface area contributed by atoms with E-state index in [4.69, 9.17) is 0 Å². The minimum absolute atomic E-state index is 0.692. The van der Waals surface area contributed by atoms with Crippen molar-refractivity contribution in [2.45, 2.75) is 19.3 Å². The van der Waals surface area contributed by atoms with Gasteiger partial charge in [-0.3, -0.25) is 0 Å². The second kappa shape index (κ2) is 8.88. The van der Waals surface area contributed by atoms with E-state index in [9.17, 15) is 9.90 Å². The zero-order valence-electron chi connectivity index (χ0n) is 11.8. The largest absolute Gasteiger partial charge is 0.549 e. The van der Waals surface area contributed by atoms with Crippen LogP contribution in [0.1, 0.15) is 30.4 Å². The summed E-state index contributed by atoms with van der Waals surface area (Å²) in [5.41, 5.74) is 5.09. The number of hydrogen-bond acceptors (Lipinski definition) is 2. The van der Waals surface area contributed by atoms with Crippen molar-refractivity contribution in [1.82, 2.24) is 0 Å². The minimum atomic E-state index is -1.07. The van der Waals surface area contributed by atoms with Crippen molar-refractivity contribution in [1.29, 1.82) is 0 Å². The summed E-state index contributed by atoms with van der Waals surface area (Å²) in [6, 6.07) is 18.2. The van der Waals surface area contributed by atoms with Gasteiger partial charge in [-0.05, 0) is 17.5 Å². The van der Waals surface area contributed by atoms with E-state index >= 15 is 0 Å². The molecule has 0 amide bonds. The van der Waals surface area contributed by atoms with E-state index in [0.717, 1.165) is 17.7 Å². The second-order valence-corrected chi connectivity index (χ2v) is 4.43. The lowest BCUT2D eigenvalue weighted by atomic mass is 9.92. The summed E-state index contributed by atoms with van der Waals surface area (Å²) < 4.78 is 0. The van der Waals surface area contributed by atoms with Crippen molar-refractivity contribution >= 4 is 5.97 Å². The van der Waals surface area contributed by atoms with E-state index in [1.165, 1.54) is 6.42 Å². The summed E-state index contributed by atoms with van der Waals surface area (Å²) in [5.74, 6) is -1.76. The highest BCUT2D eigenvalue weighted by atomic mass is 16.4. The highest BCUT2D eigenvalue weighted by molar-refractivity contribution is 5.78. The van der Waals surface area contributed by atoms with Crippen LogP contribution in [-0.2, 0) is 4.79 Å². The van der Waals surface area contributed by atoms with Gasteiger partial charge in [-0.2, -0.15) is 0 Å². The molecule has 3 heteroatoms. The van der Waals surface area contributed by atoms with Gasteiger partial charge in [0.25, 0.3) is 0 Å². The van der Waals surface area contributed by atoms with Gasteiger partial charge < -0.3 is 15.6 Å². The smallest absolute Gasteiger partial charge is 0.0737 e. The van der Waals surface area contributed by atoms with Gasteiger partial charge in [0, 0.05) is 5.92 Å². The van der Waals surface area contributed by atoms with Crippen LogP contribution in [0, 0.1) is 0 Å². The molecule has 2 rings (SSSR count). The zero-order chi connectivity index (χ0) is 14.8. The van der Waals surface area contributed by atoms with Crippen LogP contribution < -0.4 is 10.8 Å². The van der Waals surface area contributed by atoms with Gasteiger partial charge >= 0.3 is 0 Å². The fourth-order valence-corrected chi connectivity index (χ4v) is 1.76. The van der Waals surface area contributed by atoms with E-state index in [1.807, 2.05) is 36.4 Å². The zero-order valence-corrected chi connectivity index (χ0v) is 11.8. The molecule has 0 fully saturated rings. The normalized spacial score (nSPS) is 9.75. The Hall–Kier alpha value is -2.13. The highest BCUT2D eigenvalue weighted by Gasteiger charge is 2.14. The Morgan fingerprint density at radius 2 is 1.35 bits per heavy atom. The van der Waals surface area contributed by atoms with Crippen LogP contribution in [0.25, 0.3) is 0 Å². The molecule has 3 N–H and O–H groups in total. The fourth-order valence-electron chi connectivity index (χ4n) is 1.76. The molecule has 2 aromatic carbocycles. The van der Waals surface area contributed by atoms with Crippen LogP contribution in [0.3, 0.4) is 0 Å². The van der Waals surface area contributed by atoms with Crippen LogP contribution in [-0.4, -0.2) is 12.5 Å². The third-order valence-corrected chi connectivity index (χ3v) is 2.86. The molecule has 0 aliphatic rings. The number of quaternary nitrogens is 1. The summed E-state index contributed by atoms with van der Waals surface area (Å²) in [6.45, 7) is 3.19. The molecule has 0 aromatic heterocycles. The molecule has 20 heavy (non-hydrogen) atoms. The first kappa shape index (κ1) is 15.9. The van der Waals surface area contributed by atoms with Crippen LogP contribution in [0.15, 0.2) is 60.7 Å². The molecule has 0 heterocycles. The van der Waals surface area contributed by atoms with Crippen molar-refractivity contribution in [2.24, 2.45) is 0 Å². The number of carbonyl (C=O) groups is 1. The fraction of sp³-hybridized carbons (Fsp3) is 0.235. The molecule has 106 valence electrons. The van der Waals surface area contributed by atoms with Gasteiger partial charge in [0.2, 0.25) is 0 Å². The average molecular weight is 271 g/mol. The molecule has 2 aromatic rings. The Balaban J connectivity index is 0.000000444. The van der Waals surface area contributed by atoms with E-state index in [1.54, 1.807) is 24.3 Å².